The zero-order valence-corrected chi connectivity index (χ0v) is 35.5. The molecule has 2 fully saturated rings. The third kappa shape index (κ3) is 13.7. The Hall–Kier alpha value is -5.18. The van der Waals surface area contributed by atoms with Crippen LogP contribution < -0.4 is 24.8 Å². The third-order valence-corrected chi connectivity index (χ3v) is 10.8. The van der Waals surface area contributed by atoms with Gasteiger partial charge in [-0.15, -0.1) is 0 Å². The molecule has 4 aromatic rings. The summed E-state index contributed by atoms with van der Waals surface area (Å²) < 4.78 is 149. The standard InChI is InChI=1S/C23H24F7N3O.C19H20FNO3.CH4O3S/c1-13-8-18(24)4-5-19(13)20-12-31-6-7-33(20)21(34)32(3)14(2)15-9-16(22(25,26)27)11-17(10-15)23(28,29)30;20-15-3-1-13(2-4-15)17-7-8-21-10-14(17)11-22-16-5-6-18-19(9-16)24-12-23-18;1-5(2,3)4/h4-5,8-11,14,20,31H,6-7,12H2,1-3H3;1-6,9,14,17,21H,7-8,10-12H2;1H3,(H,2,3,4)/t14-,20-;14-,17-;/m10./s1. The van der Waals surface area contributed by atoms with E-state index in [1.807, 2.05) is 30.3 Å². The zero-order valence-electron chi connectivity index (χ0n) is 34.7. The quantitative estimate of drug-likeness (QED) is 0.123. The summed E-state index contributed by atoms with van der Waals surface area (Å²) in [6.45, 7) is 6.88. The molecule has 20 heteroatoms. The number of nitrogens with one attached hydrogen (secondary N) is 2. The van der Waals surface area contributed by atoms with E-state index < -0.39 is 57.5 Å². The fourth-order valence-electron chi connectivity index (χ4n) is 7.45. The van der Waals surface area contributed by atoms with Gasteiger partial charge < -0.3 is 34.6 Å². The summed E-state index contributed by atoms with van der Waals surface area (Å²) in [6.07, 6.45) is -8.22. The van der Waals surface area contributed by atoms with Gasteiger partial charge in [-0.05, 0) is 110 Å². The van der Waals surface area contributed by atoms with Gasteiger partial charge in [0.1, 0.15) is 17.4 Å². The van der Waals surface area contributed by atoms with E-state index in [1.54, 1.807) is 13.0 Å². The van der Waals surface area contributed by atoms with E-state index in [9.17, 15) is 48.3 Å². The molecule has 3 aliphatic rings. The van der Waals surface area contributed by atoms with Crippen molar-refractivity contribution in [2.75, 3.05) is 59.4 Å². The smallest absolute Gasteiger partial charge is 0.416 e. The van der Waals surface area contributed by atoms with Crippen LogP contribution in [-0.4, -0.2) is 88.2 Å². The van der Waals surface area contributed by atoms with Gasteiger partial charge in [0.2, 0.25) is 6.79 Å². The Morgan fingerprint density at radius 3 is 2.10 bits per heavy atom. The molecular formula is C43H48F8N4O7S. The second kappa shape index (κ2) is 20.5. The number of halogens is 8. The summed E-state index contributed by atoms with van der Waals surface area (Å²) in [7, 11) is -2.34. The molecule has 3 N–H and O–H groups in total. The Morgan fingerprint density at radius 1 is 0.873 bits per heavy atom. The summed E-state index contributed by atoms with van der Waals surface area (Å²) in [6, 6.07) is 15.8. The van der Waals surface area contributed by atoms with Crippen molar-refractivity contribution >= 4 is 16.1 Å². The van der Waals surface area contributed by atoms with Crippen LogP contribution in [0.1, 0.15) is 64.7 Å². The van der Waals surface area contributed by atoms with Gasteiger partial charge in [-0.1, -0.05) is 18.2 Å². The van der Waals surface area contributed by atoms with Crippen molar-refractivity contribution in [1.82, 2.24) is 20.4 Å². The average molecular weight is 917 g/mol. The van der Waals surface area contributed by atoms with E-state index in [1.165, 1.54) is 48.7 Å². The first-order valence-corrected chi connectivity index (χ1v) is 21.5. The van der Waals surface area contributed by atoms with Crippen molar-refractivity contribution in [2.45, 2.75) is 50.6 Å². The molecule has 2 amide bonds. The number of piperazine rings is 1. The van der Waals surface area contributed by atoms with E-state index >= 15 is 0 Å². The highest BCUT2D eigenvalue weighted by molar-refractivity contribution is 7.85. The van der Waals surface area contributed by atoms with E-state index in [0.717, 1.165) is 41.7 Å². The normalized spacial score (nSPS) is 19.2. The second-order valence-electron chi connectivity index (χ2n) is 15.3. The van der Waals surface area contributed by atoms with Gasteiger partial charge in [-0.25, -0.2) is 13.6 Å². The summed E-state index contributed by atoms with van der Waals surface area (Å²) in [5.74, 6) is 2.35. The van der Waals surface area contributed by atoms with Gasteiger partial charge >= 0.3 is 18.4 Å². The minimum atomic E-state index is -4.98. The highest BCUT2D eigenvalue weighted by Gasteiger charge is 2.39. The number of hydrogen-bond donors (Lipinski definition) is 3. The molecule has 344 valence electrons. The van der Waals surface area contributed by atoms with Gasteiger partial charge in [-0.3, -0.25) is 4.55 Å². The molecule has 0 aliphatic carbocycles. The van der Waals surface area contributed by atoms with Crippen molar-refractivity contribution in [3.63, 3.8) is 0 Å². The monoisotopic (exact) mass is 916 g/mol. The summed E-state index contributed by atoms with van der Waals surface area (Å²) >= 11 is 0. The minimum absolute atomic E-state index is 0.0572. The Balaban J connectivity index is 0.000000224. The van der Waals surface area contributed by atoms with Gasteiger partial charge in [-0.2, -0.15) is 34.8 Å². The van der Waals surface area contributed by atoms with Crippen LogP contribution in [0.3, 0.4) is 0 Å². The maximum Gasteiger partial charge on any atom is 0.416 e. The number of piperidine rings is 1. The van der Waals surface area contributed by atoms with Crippen molar-refractivity contribution in [3.05, 3.63) is 124 Å². The Bertz CT molecular complexity index is 2260. The maximum atomic E-state index is 13.6. The van der Waals surface area contributed by atoms with Crippen LogP contribution in [0.15, 0.2) is 78.9 Å². The average Bonchev–Trinajstić information content (AvgIpc) is 3.70. The third-order valence-electron chi connectivity index (χ3n) is 10.8. The molecule has 0 aromatic heterocycles. The van der Waals surface area contributed by atoms with Crippen molar-refractivity contribution in [3.8, 4) is 17.2 Å². The number of rotatable bonds is 7. The number of urea groups is 1. The molecule has 7 rings (SSSR count). The Kier molecular flexibility index (Phi) is 15.9. The number of amides is 2. The van der Waals surface area contributed by atoms with Gasteiger partial charge in [0.15, 0.2) is 11.5 Å². The number of fused-ring (bicyclic) bond motifs is 1. The van der Waals surface area contributed by atoms with Crippen LogP contribution in [0.4, 0.5) is 39.9 Å². The number of carbonyl (C=O) groups excluding carboxylic acids is 1. The highest BCUT2D eigenvalue weighted by atomic mass is 32.2. The molecule has 0 unspecified atom stereocenters. The fourth-order valence-corrected chi connectivity index (χ4v) is 7.45. The predicted octanol–water partition coefficient (Wildman–Crippen LogP) is 8.76. The van der Waals surface area contributed by atoms with E-state index in [-0.39, 0.29) is 30.8 Å². The molecule has 4 aromatic carbocycles. The lowest BCUT2D eigenvalue weighted by atomic mass is 9.81. The number of benzene rings is 4. The number of nitrogens with zero attached hydrogens (tertiary/aromatic N) is 2. The van der Waals surface area contributed by atoms with Crippen LogP contribution in [0.5, 0.6) is 17.2 Å². The van der Waals surface area contributed by atoms with Crippen molar-refractivity contribution in [2.24, 2.45) is 5.92 Å². The molecule has 3 heterocycles. The number of alkyl halides is 6. The number of aryl methyl sites for hydroxylation is 1. The predicted molar refractivity (Wildman–Crippen MR) is 217 cm³/mol. The number of hydrogen-bond acceptors (Lipinski definition) is 8. The summed E-state index contributed by atoms with van der Waals surface area (Å²) in [5, 5.41) is 6.58. The molecule has 4 atom stereocenters. The van der Waals surface area contributed by atoms with E-state index in [2.05, 4.69) is 10.6 Å². The first-order chi connectivity index (χ1) is 29.5. The Morgan fingerprint density at radius 2 is 1.48 bits per heavy atom. The fraction of sp³-hybridized carbons (Fsp3) is 0.419. The molecule has 0 spiro atoms. The molecule has 3 aliphatic heterocycles. The lowest BCUT2D eigenvalue weighted by Gasteiger charge is -2.40. The molecular weight excluding hydrogens is 869 g/mol. The van der Waals surface area contributed by atoms with Crippen LogP contribution in [-0.2, 0) is 22.5 Å². The first kappa shape index (κ1) is 48.8. The summed E-state index contributed by atoms with van der Waals surface area (Å²) in [4.78, 5) is 16.0. The first-order valence-electron chi connectivity index (χ1n) is 19.7. The summed E-state index contributed by atoms with van der Waals surface area (Å²) in [5.41, 5.74) is -0.671. The van der Waals surface area contributed by atoms with Gasteiger partial charge in [0.25, 0.3) is 10.1 Å². The van der Waals surface area contributed by atoms with E-state index in [0.29, 0.717) is 61.0 Å². The van der Waals surface area contributed by atoms with Crippen LogP contribution in [0.2, 0.25) is 0 Å². The molecule has 11 nitrogen and oxygen atoms in total. The molecule has 0 saturated carbocycles. The van der Waals surface area contributed by atoms with Crippen LogP contribution in [0, 0.1) is 24.5 Å². The van der Waals surface area contributed by atoms with Crippen LogP contribution in [0.25, 0.3) is 0 Å². The molecule has 2 saturated heterocycles. The van der Waals surface area contributed by atoms with Crippen LogP contribution >= 0.6 is 0 Å². The SMILES string of the molecule is CS(=O)(=O)O.Cc1cc(F)ccc1[C@H]1CNCCN1C(=O)N(C)[C@H](C)c1cc(C(F)(F)F)cc(C(F)(F)F)c1.Fc1ccc([C@@H]2CCNC[C@H]2COc2ccc3c(c2)OCO3)cc1. The van der Waals surface area contributed by atoms with Gasteiger partial charge in [0, 0.05) is 45.2 Å². The second-order valence-corrected chi connectivity index (χ2v) is 16.8. The van der Waals surface area contributed by atoms with Gasteiger partial charge in [0.05, 0.1) is 36.1 Å². The van der Waals surface area contributed by atoms with Crippen molar-refractivity contribution in [1.29, 1.82) is 0 Å². The zero-order chi connectivity index (χ0) is 46.3. The molecule has 0 bridgehead atoms. The lowest BCUT2D eigenvalue weighted by Crippen LogP contribution is -2.52. The lowest BCUT2D eigenvalue weighted by molar-refractivity contribution is -0.143. The maximum absolute atomic E-state index is 13.6. The number of ether oxygens (including phenoxy) is 3. The molecule has 0 radical (unpaired) electrons. The number of carbonyl (C=O) groups is 1. The van der Waals surface area contributed by atoms with Crippen molar-refractivity contribution < 1.29 is 67.1 Å². The van der Waals surface area contributed by atoms with E-state index in [4.69, 9.17) is 18.8 Å². The minimum Gasteiger partial charge on any atom is -0.493 e. The topological polar surface area (TPSA) is 130 Å². The largest absolute Gasteiger partial charge is 0.493 e. The highest BCUT2D eigenvalue weighted by Crippen LogP contribution is 2.39. The molecule has 63 heavy (non-hydrogen) atoms. The Labute approximate surface area is 360 Å².